The van der Waals surface area contributed by atoms with Crippen LogP contribution in [0.15, 0.2) is 18.2 Å². The lowest BCUT2D eigenvalue weighted by Crippen LogP contribution is -2.05. The molecule has 18 heavy (non-hydrogen) atoms. The Bertz CT molecular complexity index is 427. The Morgan fingerprint density at radius 1 is 1.17 bits per heavy atom. The molecule has 0 amide bonds. The van der Waals surface area contributed by atoms with Gasteiger partial charge in [0.25, 0.3) is 0 Å². The zero-order valence-corrected chi connectivity index (χ0v) is 11.0. The van der Waals surface area contributed by atoms with Gasteiger partial charge in [0.05, 0.1) is 14.2 Å². The molecule has 0 aliphatic heterocycles. The lowest BCUT2D eigenvalue weighted by molar-refractivity contribution is 0.112. The summed E-state index contributed by atoms with van der Waals surface area (Å²) in [5, 5.41) is 3.06. The van der Waals surface area contributed by atoms with Crippen molar-refractivity contribution in [2.75, 3.05) is 27.8 Å². The van der Waals surface area contributed by atoms with Gasteiger partial charge < -0.3 is 14.8 Å². The van der Waals surface area contributed by atoms with Crippen molar-refractivity contribution in [2.45, 2.75) is 6.42 Å². The number of benzene rings is 1. The van der Waals surface area contributed by atoms with Crippen molar-refractivity contribution < 1.29 is 14.3 Å². The summed E-state index contributed by atoms with van der Waals surface area (Å²) in [6.45, 7) is 0.903. The summed E-state index contributed by atoms with van der Waals surface area (Å²) in [5.41, 5.74) is 1.42. The first-order chi connectivity index (χ1) is 8.76. The molecule has 0 aliphatic carbocycles. The van der Waals surface area contributed by atoms with E-state index in [1.165, 1.54) is 0 Å². The second kappa shape index (κ2) is 7.50. The van der Waals surface area contributed by atoms with E-state index in [1.54, 1.807) is 26.4 Å². The molecule has 0 fully saturated rings. The molecular formula is C14H19NO3. The van der Waals surface area contributed by atoms with Crippen LogP contribution in [0.3, 0.4) is 0 Å². The van der Waals surface area contributed by atoms with E-state index in [0.717, 1.165) is 24.8 Å². The van der Waals surface area contributed by atoms with E-state index in [4.69, 9.17) is 9.47 Å². The van der Waals surface area contributed by atoms with Crippen LogP contribution < -0.4 is 14.8 Å². The monoisotopic (exact) mass is 249 g/mol. The van der Waals surface area contributed by atoms with Crippen molar-refractivity contribution in [3.63, 3.8) is 0 Å². The Morgan fingerprint density at radius 2 is 1.78 bits per heavy atom. The molecule has 1 N–H and O–H groups in total. The Labute approximate surface area is 108 Å². The smallest absolute Gasteiger partial charge is 0.161 e. The summed E-state index contributed by atoms with van der Waals surface area (Å²) in [6.07, 6.45) is 5.66. The first-order valence-electron chi connectivity index (χ1n) is 5.79. The van der Waals surface area contributed by atoms with Crippen LogP contribution in [0.1, 0.15) is 22.3 Å². The molecule has 98 valence electrons. The second-order valence-electron chi connectivity index (χ2n) is 3.75. The third-order valence-corrected chi connectivity index (χ3v) is 2.57. The second-order valence-corrected chi connectivity index (χ2v) is 3.75. The zero-order chi connectivity index (χ0) is 13.4. The van der Waals surface area contributed by atoms with Gasteiger partial charge in [-0.1, -0.05) is 12.2 Å². The molecule has 4 nitrogen and oxygen atoms in total. The molecular weight excluding hydrogens is 230 g/mol. The molecule has 0 unspecified atom stereocenters. The van der Waals surface area contributed by atoms with Gasteiger partial charge in [0, 0.05) is 5.56 Å². The molecule has 4 heteroatoms. The third kappa shape index (κ3) is 3.60. The van der Waals surface area contributed by atoms with E-state index >= 15 is 0 Å². The number of hydrogen-bond acceptors (Lipinski definition) is 4. The topological polar surface area (TPSA) is 47.6 Å². The Kier molecular flexibility index (Phi) is 5.94. The fourth-order valence-corrected chi connectivity index (χ4v) is 1.59. The molecule has 0 radical (unpaired) electrons. The Hall–Kier alpha value is -1.81. The molecule has 1 aromatic carbocycles. The molecule has 0 spiro atoms. The fraction of sp³-hybridized carbons (Fsp3) is 0.357. The summed E-state index contributed by atoms with van der Waals surface area (Å²) >= 11 is 0. The fourth-order valence-electron chi connectivity index (χ4n) is 1.59. The minimum absolute atomic E-state index is 0.562. The first kappa shape index (κ1) is 14.3. The maximum absolute atomic E-state index is 11.0. The highest BCUT2D eigenvalue weighted by Gasteiger charge is 2.08. The van der Waals surface area contributed by atoms with Gasteiger partial charge >= 0.3 is 0 Å². The van der Waals surface area contributed by atoms with Crippen LogP contribution in [0.5, 0.6) is 11.5 Å². The summed E-state index contributed by atoms with van der Waals surface area (Å²) in [7, 11) is 5.03. The Balaban J connectivity index is 3.01. The van der Waals surface area contributed by atoms with Crippen LogP contribution in [0.25, 0.3) is 6.08 Å². The summed E-state index contributed by atoms with van der Waals surface area (Å²) < 4.78 is 10.4. The zero-order valence-electron chi connectivity index (χ0n) is 11.0. The van der Waals surface area contributed by atoms with Crippen LogP contribution in [0, 0.1) is 0 Å². The molecule has 0 saturated heterocycles. The standard InChI is InChI=1S/C14H19NO3/c1-15-7-5-4-6-11-8-13(17-2)14(18-3)9-12(11)10-16/h4,6,8-10,15H,5,7H2,1-3H3. The van der Waals surface area contributed by atoms with E-state index in [1.807, 2.05) is 19.2 Å². The first-order valence-corrected chi connectivity index (χ1v) is 5.79. The normalized spacial score (nSPS) is 10.6. The van der Waals surface area contributed by atoms with Gasteiger partial charge in [-0.15, -0.1) is 0 Å². The number of methoxy groups -OCH3 is 2. The van der Waals surface area contributed by atoms with E-state index < -0.39 is 0 Å². The largest absolute Gasteiger partial charge is 0.493 e. The predicted octanol–water partition coefficient (Wildman–Crippen LogP) is 2.14. The van der Waals surface area contributed by atoms with Crippen molar-refractivity contribution in [1.29, 1.82) is 0 Å². The number of ether oxygens (including phenoxy) is 2. The van der Waals surface area contributed by atoms with Crippen molar-refractivity contribution >= 4 is 12.4 Å². The Morgan fingerprint density at radius 3 is 2.28 bits per heavy atom. The van der Waals surface area contributed by atoms with E-state index in [0.29, 0.717) is 17.1 Å². The van der Waals surface area contributed by atoms with Gasteiger partial charge in [-0.2, -0.15) is 0 Å². The van der Waals surface area contributed by atoms with Gasteiger partial charge in [0.15, 0.2) is 17.8 Å². The van der Waals surface area contributed by atoms with Crippen LogP contribution in [0.4, 0.5) is 0 Å². The van der Waals surface area contributed by atoms with E-state index in [2.05, 4.69) is 5.32 Å². The highest BCUT2D eigenvalue weighted by molar-refractivity contribution is 5.83. The molecule has 0 saturated carbocycles. The maximum Gasteiger partial charge on any atom is 0.161 e. The molecule has 1 rings (SSSR count). The van der Waals surface area contributed by atoms with Crippen LogP contribution in [-0.2, 0) is 0 Å². The van der Waals surface area contributed by atoms with Crippen LogP contribution in [-0.4, -0.2) is 34.1 Å². The van der Waals surface area contributed by atoms with Crippen LogP contribution in [0.2, 0.25) is 0 Å². The molecule has 0 aliphatic rings. The quantitative estimate of drug-likeness (QED) is 0.594. The predicted molar refractivity (Wildman–Crippen MR) is 72.5 cm³/mol. The average molecular weight is 249 g/mol. The SMILES string of the molecule is CNCCC=Cc1cc(OC)c(OC)cc1C=O. The minimum atomic E-state index is 0.562. The summed E-state index contributed by atoms with van der Waals surface area (Å²) in [5.74, 6) is 1.18. The number of carbonyl (C=O) groups is 1. The number of rotatable bonds is 7. The lowest BCUT2D eigenvalue weighted by atomic mass is 10.1. The molecule has 0 heterocycles. The van der Waals surface area contributed by atoms with Crippen LogP contribution >= 0.6 is 0 Å². The number of hydrogen-bond donors (Lipinski definition) is 1. The van der Waals surface area contributed by atoms with Crippen molar-refractivity contribution in [3.05, 3.63) is 29.3 Å². The highest BCUT2D eigenvalue weighted by Crippen LogP contribution is 2.30. The number of carbonyl (C=O) groups excluding carboxylic acids is 1. The highest BCUT2D eigenvalue weighted by atomic mass is 16.5. The van der Waals surface area contributed by atoms with Gasteiger partial charge in [-0.3, -0.25) is 4.79 Å². The molecule has 1 aromatic rings. The molecule has 0 aromatic heterocycles. The third-order valence-electron chi connectivity index (χ3n) is 2.57. The van der Waals surface area contributed by atoms with Gasteiger partial charge in [-0.05, 0) is 37.7 Å². The van der Waals surface area contributed by atoms with Gasteiger partial charge in [-0.25, -0.2) is 0 Å². The van der Waals surface area contributed by atoms with Crippen molar-refractivity contribution in [2.24, 2.45) is 0 Å². The van der Waals surface area contributed by atoms with Crippen molar-refractivity contribution in [3.8, 4) is 11.5 Å². The molecule has 0 atom stereocenters. The van der Waals surface area contributed by atoms with Crippen molar-refractivity contribution in [1.82, 2.24) is 5.32 Å². The lowest BCUT2D eigenvalue weighted by Gasteiger charge is -2.10. The van der Waals surface area contributed by atoms with E-state index in [-0.39, 0.29) is 0 Å². The minimum Gasteiger partial charge on any atom is -0.493 e. The number of nitrogens with one attached hydrogen (secondary N) is 1. The molecule has 0 bridgehead atoms. The van der Waals surface area contributed by atoms with Gasteiger partial charge in [0.2, 0.25) is 0 Å². The summed E-state index contributed by atoms with van der Waals surface area (Å²) in [4.78, 5) is 11.0. The van der Waals surface area contributed by atoms with Gasteiger partial charge in [0.1, 0.15) is 0 Å². The van der Waals surface area contributed by atoms with E-state index in [9.17, 15) is 4.79 Å². The summed E-state index contributed by atoms with van der Waals surface area (Å²) in [6, 6.07) is 3.49. The maximum atomic E-state index is 11.0. The number of aldehydes is 1. The average Bonchev–Trinajstić information content (AvgIpc) is 2.42.